The van der Waals surface area contributed by atoms with Crippen LogP contribution in [0.4, 0.5) is 0 Å². The number of allylic oxidation sites excluding steroid dienone is 1. The van der Waals surface area contributed by atoms with E-state index >= 15 is 0 Å². The Kier molecular flexibility index (Phi) is 4.18. The third kappa shape index (κ3) is 3.26. The van der Waals surface area contributed by atoms with E-state index in [2.05, 4.69) is 0 Å². The van der Waals surface area contributed by atoms with Crippen molar-refractivity contribution in [2.24, 2.45) is 28.9 Å². The van der Waals surface area contributed by atoms with E-state index in [1.54, 1.807) is 6.07 Å². The number of ether oxygens (including phenoxy) is 1. The van der Waals surface area contributed by atoms with Crippen molar-refractivity contribution in [2.45, 2.75) is 51.9 Å². The fraction of sp³-hybridized carbons (Fsp3) is 0.722. The Morgan fingerprint density at radius 1 is 1.17 bits per heavy atom. The molecule has 0 unspecified atom stereocenters. The molecular weight excluding hydrogens is 292 g/mol. The third-order valence-electron chi connectivity index (χ3n) is 5.83. The summed E-state index contributed by atoms with van der Waals surface area (Å²) in [4.78, 5) is 24.1. The van der Waals surface area contributed by atoms with Crippen LogP contribution < -0.4 is 5.73 Å². The first-order chi connectivity index (χ1) is 10.9. The lowest BCUT2D eigenvalue weighted by Gasteiger charge is -2.56. The quantitative estimate of drug-likeness (QED) is 0.478. The summed E-state index contributed by atoms with van der Waals surface area (Å²) in [5, 5.41) is 8.89. The zero-order chi connectivity index (χ0) is 16.6. The van der Waals surface area contributed by atoms with Crippen LogP contribution in [0.2, 0.25) is 0 Å². The van der Waals surface area contributed by atoms with Gasteiger partial charge < -0.3 is 10.5 Å². The first kappa shape index (κ1) is 16.0. The van der Waals surface area contributed by atoms with Gasteiger partial charge >= 0.3 is 5.97 Å². The molecule has 4 saturated carbocycles. The Hall–Kier alpha value is -1.83. The minimum absolute atomic E-state index is 0.104. The van der Waals surface area contributed by atoms with Crippen LogP contribution in [0.25, 0.3) is 0 Å². The second-order valence-electron chi connectivity index (χ2n) is 7.85. The monoisotopic (exact) mass is 316 g/mol. The number of carbonyl (C=O) groups excluding carboxylic acids is 2. The van der Waals surface area contributed by atoms with Crippen molar-refractivity contribution in [1.82, 2.24) is 0 Å². The normalized spacial score (nSPS) is 35.4. The molecule has 2 N–H and O–H groups in total. The fourth-order valence-corrected chi connectivity index (χ4v) is 5.45. The average molecular weight is 316 g/mol. The molecule has 0 heterocycles. The lowest BCUT2D eigenvalue weighted by molar-refractivity contribution is -0.154. The fourth-order valence-electron chi connectivity index (χ4n) is 5.45. The summed E-state index contributed by atoms with van der Waals surface area (Å²) in [6.45, 7) is 1.11. The van der Waals surface area contributed by atoms with Crippen LogP contribution in [-0.4, -0.2) is 18.4 Å². The summed E-state index contributed by atoms with van der Waals surface area (Å²) in [6, 6.07) is 1.77. The Balaban J connectivity index is 1.55. The first-order valence-electron chi connectivity index (χ1n) is 8.46. The number of nitrogens with zero attached hydrogens (tertiary/aromatic N) is 1. The van der Waals surface area contributed by atoms with Crippen molar-refractivity contribution in [3.05, 3.63) is 11.3 Å². The molecule has 0 aliphatic heterocycles. The molecular formula is C18H24N2O3. The lowest BCUT2D eigenvalue weighted by atomic mass is 9.49. The Morgan fingerprint density at radius 2 is 1.70 bits per heavy atom. The van der Waals surface area contributed by atoms with Crippen LogP contribution in [0.3, 0.4) is 0 Å². The summed E-state index contributed by atoms with van der Waals surface area (Å²) in [6.07, 6.45) is 7.81. The van der Waals surface area contributed by atoms with E-state index in [1.165, 1.54) is 26.2 Å². The van der Waals surface area contributed by atoms with E-state index in [0.717, 1.165) is 37.0 Å². The molecule has 5 nitrogen and oxygen atoms in total. The molecule has 0 radical (unpaired) electrons. The van der Waals surface area contributed by atoms with Gasteiger partial charge in [-0.2, -0.15) is 5.26 Å². The van der Waals surface area contributed by atoms with Gasteiger partial charge in [0, 0.05) is 5.70 Å². The van der Waals surface area contributed by atoms with Gasteiger partial charge in [-0.05, 0) is 68.6 Å². The highest BCUT2D eigenvalue weighted by Crippen LogP contribution is 2.61. The zero-order valence-corrected chi connectivity index (χ0v) is 13.6. The number of hydrogen-bond acceptors (Lipinski definition) is 5. The maximum absolute atomic E-state index is 12.2. The van der Waals surface area contributed by atoms with Gasteiger partial charge in [-0.15, -0.1) is 0 Å². The molecule has 0 amide bonds. The van der Waals surface area contributed by atoms with Gasteiger partial charge in [0.2, 0.25) is 5.78 Å². The van der Waals surface area contributed by atoms with Crippen LogP contribution in [0.15, 0.2) is 11.3 Å². The zero-order valence-electron chi connectivity index (χ0n) is 13.6. The molecule has 0 aromatic carbocycles. The molecule has 0 spiro atoms. The topological polar surface area (TPSA) is 93.2 Å². The highest BCUT2D eigenvalue weighted by molar-refractivity contribution is 6.01. The van der Waals surface area contributed by atoms with Crippen LogP contribution in [0.5, 0.6) is 0 Å². The lowest BCUT2D eigenvalue weighted by Crippen LogP contribution is -2.47. The minimum atomic E-state index is -0.522. The molecule has 4 aliphatic carbocycles. The van der Waals surface area contributed by atoms with E-state index in [0.29, 0.717) is 6.42 Å². The van der Waals surface area contributed by atoms with E-state index in [-0.39, 0.29) is 29.3 Å². The Morgan fingerprint density at radius 3 is 2.13 bits per heavy atom. The van der Waals surface area contributed by atoms with Gasteiger partial charge in [0.05, 0.1) is 6.42 Å². The second kappa shape index (κ2) is 5.99. The molecule has 124 valence electrons. The maximum Gasteiger partial charge on any atom is 0.306 e. The van der Waals surface area contributed by atoms with Crippen molar-refractivity contribution < 1.29 is 14.3 Å². The molecule has 5 heteroatoms. The molecule has 4 fully saturated rings. The molecule has 4 bridgehead atoms. The van der Waals surface area contributed by atoms with Crippen molar-refractivity contribution in [1.29, 1.82) is 5.26 Å². The van der Waals surface area contributed by atoms with Gasteiger partial charge in [-0.1, -0.05) is 0 Å². The largest absolute Gasteiger partial charge is 0.457 e. The summed E-state index contributed by atoms with van der Waals surface area (Å²) >= 11 is 0. The van der Waals surface area contributed by atoms with E-state index in [1.807, 2.05) is 0 Å². The van der Waals surface area contributed by atoms with Crippen LogP contribution in [0.1, 0.15) is 51.9 Å². The standard InChI is InChI=1S/C18H24N2O3/c1-11(20)15(9-19)16(21)10-23-17(22)8-18-5-12-2-13(6-18)4-14(3-12)7-18/h12-14H,2-8,10,20H2,1H3/b15-11+. The first-order valence-corrected chi connectivity index (χ1v) is 8.46. The number of hydrogen-bond donors (Lipinski definition) is 1. The Labute approximate surface area is 136 Å². The average Bonchev–Trinajstić information content (AvgIpc) is 2.43. The van der Waals surface area contributed by atoms with Crippen LogP contribution in [0, 0.1) is 34.5 Å². The highest BCUT2D eigenvalue weighted by Gasteiger charge is 2.51. The van der Waals surface area contributed by atoms with Gasteiger partial charge in [-0.25, -0.2) is 0 Å². The smallest absolute Gasteiger partial charge is 0.306 e. The van der Waals surface area contributed by atoms with E-state index in [9.17, 15) is 9.59 Å². The Bertz CT molecular complexity index is 561. The molecule has 4 rings (SSSR count). The summed E-state index contributed by atoms with van der Waals surface area (Å²) in [7, 11) is 0. The molecule has 0 saturated heterocycles. The predicted octanol–water partition coefficient (Wildman–Crippen LogP) is 2.46. The van der Waals surface area contributed by atoms with Crippen LogP contribution in [-0.2, 0) is 14.3 Å². The second-order valence-corrected chi connectivity index (χ2v) is 7.85. The number of ketones is 1. The van der Waals surface area contributed by atoms with Gasteiger partial charge in [0.25, 0.3) is 0 Å². The number of rotatable bonds is 5. The molecule has 23 heavy (non-hydrogen) atoms. The molecule has 0 atom stereocenters. The van der Waals surface area contributed by atoms with Gasteiger partial charge in [0.1, 0.15) is 11.6 Å². The van der Waals surface area contributed by atoms with Crippen LogP contribution >= 0.6 is 0 Å². The molecule has 4 aliphatic rings. The van der Waals surface area contributed by atoms with E-state index in [4.69, 9.17) is 15.7 Å². The van der Waals surface area contributed by atoms with Gasteiger partial charge in [-0.3, -0.25) is 9.59 Å². The van der Waals surface area contributed by atoms with Crippen molar-refractivity contribution in [3.63, 3.8) is 0 Å². The third-order valence-corrected chi connectivity index (χ3v) is 5.83. The number of esters is 1. The van der Waals surface area contributed by atoms with Crippen molar-refractivity contribution >= 4 is 11.8 Å². The number of carbonyl (C=O) groups is 2. The number of nitrogens with two attached hydrogens (primary N) is 1. The van der Waals surface area contributed by atoms with Crippen molar-refractivity contribution in [2.75, 3.05) is 6.61 Å². The number of Topliss-reactive ketones (excluding diaryl/α,β-unsaturated/α-hetero) is 1. The summed E-state index contributed by atoms with van der Waals surface area (Å²) in [5.74, 6) is 1.51. The molecule has 0 aromatic heterocycles. The minimum Gasteiger partial charge on any atom is -0.457 e. The SMILES string of the molecule is C/C(N)=C(/C#N)C(=O)COC(=O)CC12CC3CC(CC(C3)C1)C2. The van der Waals surface area contributed by atoms with Gasteiger partial charge in [0.15, 0.2) is 6.61 Å². The summed E-state index contributed by atoms with van der Waals surface area (Å²) in [5.41, 5.74) is 5.63. The predicted molar refractivity (Wildman–Crippen MR) is 83.7 cm³/mol. The van der Waals surface area contributed by atoms with Crippen molar-refractivity contribution in [3.8, 4) is 6.07 Å². The molecule has 0 aromatic rings. The number of nitriles is 1. The maximum atomic E-state index is 12.2. The summed E-state index contributed by atoms with van der Waals surface area (Å²) < 4.78 is 5.15. The van der Waals surface area contributed by atoms with E-state index < -0.39 is 5.78 Å². The highest BCUT2D eigenvalue weighted by atomic mass is 16.5.